The van der Waals surface area contributed by atoms with E-state index in [1.807, 2.05) is 12.4 Å². The molecule has 310 valence electrons. The first-order valence-corrected chi connectivity index (χ1v) is 24.7. The zero-order valence-corrected chi connectivity index (χ0v) is 37.3. The Bertz CT molecular complexity index is 3510. The van der Waals surface area contributed by atoms with Crippen molar-refractivity contribution in [1.29, 1.82) is 0 Å². The van der Waals surface area contributed by atoms with Crippen molar-refractivity contribution in [3.05, 3.63) is 253 Å². The molecule has 2 aliphatic heterocycles. The van der Waals surface area contributed by atoms with Gasteiger partial charge in [0.05, 0.1) is 22.6 Å². The van der Waals surface area contributed by atoms with Crippen LogP contribution in [-0.4, -0.2) is 27.2 Å². The molecule has 10 aromatic rings. The van der Waals surface area contributed by atoms with Crippen molar-refractivity contribution in [2.45, 2.75) is 31.1 Å². The van der Waals surface area contributed by atoms with Gasteiger partial charge in [-0.05, 0) is 98.1 Å². The molecule has 6 heteroatoms. The highest BCUT2D eigenvalue weighted by atomic mass is 28.3. The lowest BCUT2D eigenvalue weighted by Gasteiger charge is -2.42. The predicted molar refractivity (Wildman–Crippen MR) is 269 cm³/mol. The predicted octanol–water partition coefficient (Wildman–Crippen LogP) is 11.9. The molecule has 0 fully saturated rings. The van der Waals surface area contributed by atoms with E-state index in [0.717, 1.165) is 33.7 Å². The highest BCUT2D eigenvalue weighted by Crippen LogP contribution is 2.54. The van der Waals surface area contributed by atoms with Gasteiger partial charge in [0.1, 0.15) is 11.5 Å². The minimum absolute atomic E-state index is 0.0824. The second-order valence-electron chi connectivity index (χ2n) is 18.2. The molecule has 2 unspecified atom stereocenters. The number of anilines is 3. The number of benzene rings is 7. The lowest BCUT2D eigenvalue weighted by Crippen LogP contribution is -2.68. The Hall–Kier alpha value is -7.80. The number of para-hydroxylation sites is 3. The summed E-state index contributed by atoms with van der Waals surface area (Å²) < 4.78 is 4.72. The maximum absolute atomic E-state index is 5.18. The molecule has 7 aromatic carbocycles. The summed E-state index contributed by atoms with van der Waals surface area (Å²) in [6.45, 7) is 4.75. The van der Waals surface area contributed by atoms with Crippen molar-refractivity contribution in [3.63, 3.8) is 0 Å². The van der Waals surface area contributed by atoms with Gasteiger partial charge in [-0.1, -0.05) is 159 Å². The summed E-state index contributed by atoms with van der Waals surface area (Å²) in [5, 5.41) is 7.67. The number of nitrogens with zero attached hydrogens (tertiary/aromatic N) is 5. The van der Waals surface area contributed by atoms with Gasteiger partial charge in [-0.25, -0.2) is 9.97 Å². The van der Waals surface area contributed by atoms with Crippen LogP contribution in [0.3, 0.4) is 0 Å². The van der Waals surface area contributed by atoms with Crippen LogP contribution in [0.1, 0.15) is 48.2 Å². The van der Waals surface area contributed by atoms with Crippen LogP contribution in [0.2, 0.25) is 0 Å². The van der Waals surface area contributed by atoms with Crippen LogP contribution in [0.25, 0.3) is 33.3 Å². The SMILES string of the molecule is CC1(C)c2ccccc2N(c2ccccc2)c2cc3c4cccnc4n(-c4cccc([Si](C5=CC6c7nccn7-c7ccccc7C6C=C5)(c5ccccc5)c5ccccc5)c4)c3cc21. The summed E-state index contributed by atoms with van der Waals surface area (Å²) in [7, 11) is -3.01. The molecule has 3 aromatic heterocycles. The molecule has 2 atom stereocenters. The standard InChI is InChI=1S/C59H45N5Si/c1-59(2)51-28-13-15-30-54(51)63(40-18-6-3-7-19-40)56-38-49-48-27-17-33-60-58(48)64(55(49)39-52(56)59)41-20-16-25-44(36-41)65(42-21-8-4-9-22-42,43-23-10-5-11-24-43)45-31-32-46-47-26-12-14-29-53(47)62-35-34-61-57(62)50(46)37-45/h3-39,46,50H,1-2H3. The van der Waals surface area contributed by atoms with Crippen LogP contribution in [0.15, 0.2) is 230 Å². The normalized spacial score (nSPS) is 16.9. The maximum Gasteiger partial charge on any atom is 0.179 e. The molecule has 0 radical (unpaired) electrons. The Balaban J connectivity index is 1.06. The van der Waals surface area contributed by atoms with Gasteiger partial charge in [0.15, 0.2) is 8.07 Å². The Morgan fingerprint density at radius 3 is 1.98 bits per heavy atom. The van der Waals surface area contributed by atoms with Crippen molar-refractivity contribution in [1.82, 2.24) is 19.1 Å². The van der Waals surface area contributed by atoms with Gasteiger partial charge >= 0.3 is 0 Å². The molecule has 0 N–H and O–H groups in total. The van der Waals surface area contributed by atoms with Gasteiger partial charge in [-0.3, -0.25) is 4.57 Å². The summed E-state index contributed by atoms with van der Waals surface area (Å²) in [6, 6.07) is 69.7. The highest BCUT2D eigenvalue weighted by molar-refractivity contribution is 7.16. The number of rotatable bonds is 6. The van der Waals surface area contributed by atoms with Crippen molar-refractivity contribution < 1.29 is 0 Å². The first-order chi connectivity index (χ1) is 32.0. The number of fused-ring (bicyclic) bond motifs is 11. The molecule has 3 aliphatic rings. The lowest BCUT2D eigenvalue weighted by molar-refractivity contribution is 0.632. The molecule has 5 nitrogen and oxygen atoms in total. The molecule has 65 heavy (non-hydrogen) atoms. The van der Waals surface area contributed by atoms with Crippen LogP contribution in [0, 0.1) is 0 Å². The van der Waals surface area contributed by atoms with Gasteiger partial charge in [0, 0.05) is 58.0 Å². The minimum atomic E-state index is -3.01. The first kappa shape index (κ1) is 37.7. The van der Waals surface area contributed by atoms with E-state index in [1.165, 1.54) is 59.9 Å². The summed E-state index contributed by atoms with van der Waals surface area (Å²) in [5.41, 5.74) is 11.6. The molecule has 0 amide bonds. The van der Waals surface area contributed by atoms with Crippen LogP contribution in [0.5, 0.6) is 0 Å². The number of pyridine rings is 1. The third-order valence-electron chi connectivity index (χ3n) is 14.5. The summed E-state index contributed by atoms with van der Waals surface area (Å²) in [6.07, 6.45) is 13.5. The van der Waals surface area contributed by atoms with E-state index in [2.05, 4.69) is 240 Å². The van der Waals surface area contributed by atoms with E-state index < -0.39 is 8.07 Å². The van der Waals surface area contributed by atoms with Gasteiger partial charge in [0.25, 0.3) is 0 Å². The number of hydrogen-bond acceptors (Lipinski definition) is 3. The molecule has 0 saturated carbocycles. The van der Waals surface area contributed by atoms with Crippen LogP contribution < -0.4 is 20.5 Å². The van der Waals surface area contributed by atoms with Crippen molar-refractivity contribution in [3.8, 4) is 11.4 Å². The molecule has 1 aliphatic carbocycles. The summed E-state index contributed by atoms with van der Waals surface area (Å²) in [4.78, 5) is 12.7. The van der Waals surface area contributed by atoms with Crippen LogP contribution in [-0.2, 0) is 5.41 Å². The highest BCUT2D eigenvalue weighted by Gasteiger charge is 2.46. The third-order valence-corrected chi connectivity index (χ3v) is 19.3. The molecule has 13 rings (SSSR count). The number of allylic oxidation sites excluding steroid dienone is 4. The van der Waals surface area contributed by atoms with Crippen LogP contribution >= 0.6 is 0 Å². The molecule has 0 saturated heterocycles. The average Bonchev–Trinajstić information content (AvgIpc) is 3.99. The smallest absolute Gasteiger partial charge is 0.179 e. The van der Waals surface area contributed by atoms with E-state index in [-0.39, 0.29) is 17.3 Å². The van der Waals surface area contributed by atoms with Crippen LogP contribution in [0.4, 0.5) is 17.1 Å². The van der Waals surface area contributed by atoms with E-state index in [0.29, 0.717) is 0 Å². The Morgan fingerprint density at radius 2 is 1.20 bits per heavy atom. The molecule has 0 bridgehead atoms. The molecule has 5 heterocycles. The zero-order valence-electron chi connectivity index (χ0n) is 36.3. The molecule has 0 spiro atoms. The quantitative estimate of drug-likeness (QED) is 0.124. The Labute approximate surface area is 380 Å². The summed E-state index contributed by atoms with van der Waals surface area (Å²) >= 11 is 0. The molecular weight excluding hydrogens is 807 g/mol. The topological polar surface area (TPSA) is 38.9 Å². The molecular formula is C59H45N5Si. The Kier molecular flexibility index (Phi) is 8.33. The second kappa shape index (κ2) is 14.4. The fourth-order valence-electron chi connectivity index (χ4n) is 11.6. The van der Waals surface area contributed by atoms with E-state index in [1.54, 1.807) is 0 Å². The number of imidazole rings is 1. The summed E-state index contributed by atoms with van der Waals surface area (Å²) in [5.74, 6) is 1.36. The van der Waals surface area contributed by atoms with Gasteiger partial charge in [-0.15, -0.1) is 0 Å². The fourth-order valence-corrected chi connectivity index (χ4v) is 16.5. The number of hydrogen-bond donors (Lipinski definition) is 0. The van der Waals surface area contributed by atoms with E-state index >= 15 is 0 Å². The van der Waals surface area contributed by atoms with Crippen molar-refractivity contribution in [2.24, 2.45) is 0 Å². The largest absolute Gasteiger partial charge is 0.310 e. The monoisotopic (exact) mass is 851 g/mol. The van der Waals surface area contributed by atoms with E-state index in [4.69, 9.17) is 9.97 Å². The fraction of sp³-hybridized carbons (Fsp3) is 0.0847. The first-order valence-electron chi connectivity index (χ1n) is 22.7. The Morgan fingerprint density at radius 1 is 0.523 bits per heavy atom. The number of aromatic nitrogens is 4. The lowest BCUT2D eigenvalue weighted by atomic mass is 9.73. The van der Waals surface area contributed by atoms with Gasteiger partial charge in [-0.2, -0.15) is 0 Å². The second-order valence-corrected chi connectivity index (χ2v) is 22.0. The van der Waals surface area contributed by atoms with Gasteiger partial charge < -0.3 is 9.47 Å². The maximum atomic E-state index is 5.18. The van der Waals surface area contributed by atoms with E-state index in [9.17, 15) is 0 Å². The van der Waals surface area contributed by atoms with Crippen molar-refractivity contribution >= 4 is 62.6 Å². The van der Waals surface area contributed by atoms with Gasteiger partial charge in [0.2, 0.25) is 0 Å². The van der Waals surface area contributed by atoms with Crippen molar-refractivity contribution in [2.75, 3.05) is 4.90 Å². The average molecular weight is 852 g/mol. The zero-order chi connectivity index (χ0) is 43.3. The third kappa shape index (κ3) is 5.44. The minimum Gasteiger partial charge on any atom is -0.310 e.